The quantitative estimate of drug-likeness (QED) is 0.782. The van der Waals surface area contributed by atoms with Gasteiger partial charge in [0.05, 0.1) is 0 Å². The molecule has 8 heteroatoms. The van der Waals surface area contributed by atoms with Crippen LogP contribution >= 0.6 is 27.3 Å². The SMILES string of the molecule is O=C(O)c1nnc2sc(-c3cccc(Br)c3)nn12. The van der Waals surface area contributed by atoms with Gasteiger partial charge in [-0.3, -0.25) is 0 Å². The van der Waals surface area contributed by atoms with E-state index in [9.17, 15) is 4.79 Å². The number of hydrogen-bond acceptors (Lipinski definition) is 5. The van der Waals surface area contributed by atoms with Gasteiger partial charge in [-0.25, -0.2) is 4.79 Å². The van der Waals surface area contributed by atoms with Gasteiger partial charge in [-0.2, -0.15) is 9.61 Å². The number of halogens is 1. The zero-order valence-electron chi connectivity index (χ0n) is 8.74. The molecule has 0 aliphatic heterocycles. The fourth-order valence-electron chi connectivity index (χ4n) is 1.49. The summed E-state index contributed by atoms with van der Waals surface area (Å²) >= 11 is 4.67. The number of aromatic carboxylic acids is 1. The number of benzene rings is 1. The molecule has 2 aromatic heterocycles. The van der Waals surface area contributed by atoms with Crippen molar-refractivity contribution in [3.8, 4) is 10.6 Å². The Labute approximate surface area is 113 Å². The molecule has 0 unspecified atom stereocenters. The molecule has 0 aliphatic carbocycles. The third kappa shape index (κ3) is 1.79. The van der Waals surface area contributed by atoms with Crippen molar-refractivity contribution in [2.75, 3.05) is 0 Å². The maximum absolute atomic E-state index is 10.9. The molecule has 2 heterocycles. The standard InChI is InChI=1S/C10H5BrN4O2S/c11-6-3-1-2-5(4-6)8-14-15-7(9(16)17)12-13-10(15)18-8/h1-4H,(H,16,17). The number of fused-ring (bicyclic) bond motifs is 1. The molecule has 1 aromatic carbocycles. The largest absolute Gasteiger partial charge is 0.475 e. The Hall–Kier alpha value is -1.80. The second-order valence-corrected chi connectivity index (χ2v) is 5.31. The van der Waals surface area contributed by atoms with E-state index in [1.54, 1.807) is 0 Å². The van der Waals surface area contributed by atoms with Gasteiger partial charge in [0.15, 0.2) is 0 Å². The Morgan fingerprint density at radius 3 is 2.94 bits per heavy atom. The van der Waals surface area contributed by atoms with Crippen LogP contribution in [0.3, 0.4) is 0 Å². The van der Waals surface area contributed by atoms with Crippen molar-refractivity contribution in [3.05, 3.63) is 34.6 Å². The van der Waals surface area contributed by atoms with Gasteiger partial charge in [0.25, 0.3) is 5.82 Å². The molecule has 0 saturated heterocycles. The smallest absolute Gasteiger partial charge is 0.375 e. The van der Waals surface area contributed by atoms with E-state index in [0.29, 0.717) is 9.97 Å². The van der Waals surface area contributed by atoms with Crippen LogP contribution in [0.4, 0.5) is 0 Å². The van der Waals surface area contributed by atoms with Gasteiger partial charge in [0.2, 0.25) is 4.96 Å². The van der Waals surface area contributed by atoms with E-state index in [0.717, 1.165) is 10.0 Å². The highest BCUT2D eigenvalue weighted by Gasteiger charge is 2.17. The summed E-state index contributed by atoms with van der Waals surface area (Å²) in [6.07, 6.45) is 0. The maximum Gasteiger partial charge on any atom is 0.375 e. The minimum atomic E-state index is -1.14. The zero-order valence-corrected chi connectivity index (χ0v) is 11.1. The Kier molecular flexibility index (Phi) is 2.60. The van der Waals surface area contributed by atoms with Crippen molar-refractivity contribution < 1.29 is 9.90 Å². The highest BCUT2D eigenvalue weighted by atomic mass is 79.9. The van der Waals surface area contributed by atoms with Crippen molar-refractivity contribution in [2.24, 2.45) is 0 Å². The van der Waals surface area contributed by atoms with E-state index >= 15 is 0 Å². The summed E-state index contributed by atoms with van der Waals surface area (Å²) in [6, 6.07) is 7.61. The molecule has 1 N–H and O–H groups in total. The van der Waals surface area contributed by atoms with Crippen LogP contribution in [0.5, 0.6) is 0 Å². The van der Waals surface area contributed by atoms with Crippen molar-refractivity contribution >= 4 is 38.2 Å². The van der Waals surface area contributed by atoms with Gasteiger partial charge in [-0.05, 0) is 12.1 Å². The van der Waals surface area contributed by atoms with Crippen LogP contribution in [0.15, 0.2) is 28.7 Å². The first-order chi connectivity index (χ1) is 8.65. The Morgan fingerprint density at radius 1 is 1.39 bits per heavy atom. The summed E-state index contributed by atoms with van der Waals surface area (Å²) in [5, 5.41) is 21.2. The van der Waals surface area contributed by atoms with Crippen LogP contribution in [-0.2, 0) is 0 Å². The zero-order chi connectivity index (χ0) is 12.7. The van der Waals surface area contributed by atoms with Gasteiger partial charge >= 0.3 is 5.97 Å². The van der Waals surface area contributed by atoms with Gasteiger partial charge in [0.1, 0.15) is 5.01 Å². The lowest BCUT2D eigenvalue weighted by atomic mass is 10.2. The molecule has 0 atom stereocenters. The van der Waals surface area contributed by atoms with E-state index in [2.05, 4.69) is 31.2 Å². The molecule has 0 aliphatic rings. The summed E-state index contributed by atoms with van der Waals surface area (Å²) in [6.45, 7) is 0. The summed E-state index contributed by atoms with van der Waals surface area (Å²) in [4.78, 5) is 11.4. The predicted molar refractivity (Wildman–Crippen MR) is 68.8 cm³/mol. The van der Waals surface area contributed by atoms with Crippen LogP contribution in [-0.4, -0.2) is 30.9 Å². The monoisotopic (exact) mass is 324 g/mol. The van der Waals surface area contributed by atoms with Crippen LogP contribution in [0, 0.1) is 0 Å². The molecular weight excluding hydrogens is 320 g/mol. The number of aromatic nitrogens is 4. The van der Waals surface area contributed by atoms with Gasteiger partial charge in [-0.15, -0.1) is 10.2 Å². The second-order valence-electron chi connectivity index (χ2n) is 3.44. The van der Waals surface area contributed by atoms with E-state index in [1.165, 1.54) is 15.9 Å². The molecule has 18 heavy (non-hydrogen) atoms. The molecule has 90 valence electrons. The van der Waals surface area contributed by atoms with E-state index in [1.807, 2.05) is 24.3 Å². The lowest BCUT2D eigenvalue weighted by molar-refractivity contribution is 0.0680. The Morgan fingerprint density at radius 2 is 2.22 bits per heavy atom. The third-order valence-electron chi connectivity index (χ3n) is 2.25. The molecule has 3 aromatic rings. The summed E-state index contributed by atoms with van der Waals surface area (Å²) in [5.74, 6) is -1.32. The normalized spacial score (nSPS) is 10.9. The van der Waals surface area contributed by atoms with Crippen LogP contribution in [0.1, 0.15) is 10.6 Å². The summed E-state index contributed by atoms with van der Waals surface area (Å²) in [7, 11) is 0. The first kappa shape index (κ1) is 11.3. The molecule has 0 spiro atoms. The number of carbonyl (C=O) groups is 1. The Bertz CT molecular complexity index is 751. The molecule has 0 bridgehead atoms. The topological polar surface area (TPSA) is 80.4 Å². The molecule has 6 nitrogen and oxygen atoms in total. The van der Waals surface area contributed by atoms with E-state index < -0.39 is 5.97 Å². The third-order valence-corrected chi connectivity index (χ3v) is 3.69. The average Bonchev–Trinajstić information content (AvgIpc) is 2.87. The predicted octanol–water partition coefficient (Wildman–Crippen LogP) is 2.31. The van der Waals surface area contributed by atoms with Crippen LogP contribution < -0.4 is 0 Å². The molecule has 0 saturated carbocycles. The first-order valence-corrected chi connectivity index (χ1v) is 6.47. The lowest BCUT2D eigenvalue weighted by Crippen LogP contribution is -2.04. The highest BCUT2D eigenvalue weighted by Crippen LogP contribution is 2.27. The lowest BCUT2D eigenvalue weighted by Gasteiger charge is -1.95. The highest BCUT2D eigenvalue weighted by molar-refractivity contribution is 9.10. The van der Waals surface area contributed by atoms with Gasteiger partial charge in [0, 0.05) is 10.0 Å². The molecule has 3 rings (SSSR count). The second kappa shape index (κ2) is 4.14. The number of carboxylic acid groups (broad SMARTS) is 1. The summed E-state index contributed by atoms with van der Waals surface area (Å²) < 4.78 is 2.17. The van der Waals surface area contributed by atoms with Crippen molar-refractivity contribution in [1.82, 2.24) is 19.8 Å². The van der Waals surface area contributed by atoms with Crippen molar-refractivity contribution in [1.29, 1.82) is 0 Å². The minimum absolute atomic E-state index is 0.178. The average molecular weight is 325 g/mol. The fraction of sp³-hybridized carbons (Fsp3) is 0. The van der Waals surface area contributed by atoms with Crippen LogP contribution in [0.25, 0.3) is 15.5 Å². The van der Waals surface area contributed by atoms with Gasteiger partial charge < -0.3 is 5.11 Å². The maximum atomic E-state index is 10.9. The van der Waals surface area contributed by atoms with E-state index in [-0.39, 0.29) is 5.82 Å². The molecular formula is C10H5BrN4O2S. The fourth-order valence-corrected chi connectivity index (χ4v) is 2.72. The molecule has 0 amide bonds. The number of nitrogens with zero attached hydrogens (tertiary/aromatic N) is 4. The van der Waals surface area contributed by atoms with Crippen molar-refractivity contribution in [2.45, 2.75) is 0 Å². The number of carboxylic acids is 1. The molecule has 0 fully saturated rings. The molecule has 0 radical (unpaired) electrons. The Balaban J connectivity index is 2.17. The van der Waals surface area contributed by atoms with Gasteiger partial charge in [-0.1, -0.05) is 39.4 Å². The van der Waals surface area contributed by atoms with Crippen LogP contribution in [0.2, 0.25) is 0 Å². The van der Waals surface area contributed by atoms with E-state index in [4.69, 9.17) is 5.11 Å². The van der Waals surface area contributed by atoms with Crippen molar-refractivity contribution in [3.63, 3.8) is 0 Å². The minimum Gasteiger partial charge on any atom is -0.475 e. The summed E-state index contributed by atoms with van der Waals surface area (Å²) in [5.41, 5.74) is 0.899. The first-order valence-electron chi connectivity index (χ1n) is 4.86. The number of hydrogen-bond donors (Lipinski definition) is 1. The number of rotatable bonds is 2.